The first kappa shape index (κ1) is 13.3. The maximum Gasteiger partial charge on any atom is 0.164 e. The van der Waals surface area contributed by atoms with Gasteiger partial charge in [0.25, 0.3) is 0 Å². The van der Waals surface area contributed by atoms with Crippen molar-refractivity contribution in [3.8, 4) is 0 Å². The van der Waals surface area contributed by atoms with Crippen molar-refractivity contribution in [3.63, 3.8) is 0 Å². The van der Waals surface area contributed by atoms with Crippen molar-refractivity contribution in [1.82, 2.24) is 0 Å². The Morgan fingerprint density at radius 1 is 1.17 bits per heavy atom. The van der Waals surface area contributed by atoms with Crippen LogP contribution in [0.2, 0.25) is 5.02 Å². The van der Waals surface area contributed by atoms with Gasteiger partial charge in [-0.3, -0.25) is 0 Å². The minimum absolute atomic E-state index is 0.0559. The third-order valence-corrected chi connectivity index (χ3v) is 3.11. The minimum atomic E-state index is -0.505. The Bertz CT molecular complexity index is 555. The van der Waals surface area contributed by atoms with Crippen LogP contribution in [-0.2, 0) is 6.54 Å². The normalized spacial score (nSPS) is 10.4. The van der Waals surface area contributed by atoms with Gasteiger partial charge in [0, 0.05) is 11.0 Å². The van der Waals surface area contributed by atoms with E-state index in [0.717, 1.165) is 0 Å². The molecule has 2 rings (SSSR count). The molecule has 0 aliphatic heterocycles. The van der Waals surface area contributed by atoms with Crippen molar-refractivity contribution in [2.75, 3.05) is 5.32 Å². The van der Waals surface area contributed by atoms with Gasteiger partial charge in [-0.05, 0) is 35.9 Å². The van der Waals surface area contributed by atoms with E-state index in [1.807, 2.05) is 0 Å². The molecule has 0 bridgehead atoms. The number of benzene rings is 2. The van der Waals surface area contributed by atoms with Crippen molar-refractivity contribution in [2.45, 2.75) is 6.54 Å². The van der Waals surface area contributed by atoms with Crippen LogP contribution in [0.3, 0.4) is 0 Å². The molecule has 0 saturated carbocycles. The zero-order valence-corrected chi connectivity index (χ0v) is 11.5. The van der Waals surface area contributed by atoms with E-state index in [9.17, 15) is 8.78 Å². The van der Waals surface area contributed by atoms with Gasteiger partial charge in [0.15, 0.2) is 5.82 Å². The lowest BCUT2D eigenvalue weighted by molar-refractivity contribution is 0.624. The molecule has 0 spiro atoms. The van der Waals surface area contributed by atoms with Crippen molar-refractivity contribution >= 4 is 33.2 Å². The van der Waals surface area contributed by atoms with Crippen LogP contribution in [-0.4, -0.2) is 0 Å². The third kappa shape index (κ3) is 3.21. The maximum atomic E-state index is 13.6. The first-order chi connectivity index (χ1) is 8.56. The molecule has 0 amide bonds. The summed E-state index contributed by atoms with van der Waals surface area (Å²) in [6.07, 6.45) is 0. The second kappa shape index (κ2) is 5.67. The van der Waals surface area contributed by atoms with Gasteiger partial charge in [0.2, 0.25) is 0 Å². The summed E-state index contributed by atoms with van der Waals surface area (Å²) in [6.45, 7) is 0.313. The second-order valence-electron chi connectivity index (χ2n) is 3.73. The molecule has 2 aromatic carbocycles. The Kier molecular flexibility index (Phi) is 4.19. The minimum Gasteiger partial charge on any atom is -0.379 e. The Balaban J connectivity index is 2.14. The van der Waals surface area contributed by atoms with Crippen molar-refractivity contribution in [1.29, 1.82) is 0 Å². The van der Waals surface area contributed by atoms with Crippen LogP contribution in [0.25, 0.3) is 0 Å². The summed E-state index contributed by atoms with van der Waals surface area (Å²) in [7, 11) is 0. The van der Waals surface area contributed by atoms with Gasteiger partial charge in [-0.2, -0.15) is 0 Å². The van der Waals surface area contributed by atoms with Crippen molar-refractivity contribution < 1.29 is 8.78 Å². The van der Waals surface area contributed by atoms with Crippen LogP contribution in [0.15, 0.2) is 40.9 Å². The van der Waals surface area contributed by atoms with Gasteiger partial charge in [-0.15, -0.1) is 0 Å². The Labute approximate surface area is 117 Å². The number of hydrogen-bond donors (Lipinski definition) is 1. The Morgan fingerprint density at radius 3 is 2.67 bits per heavy atom. The average Bonchev–Trinajstić information content (AvgIpc) is 2.30. The zero-order valence-electron chi connectivity index (χ0n) is 9.18. The number of hydrogen-bond acceptors (Lipinski definition) is 1. The standard InChI is InChI=1S/C13H9BrClF2N/c14-9-4-8(5-10(16)6-9)7-18-12-3-1-2-11(15)13(12)17/h1-6,18H,7H2. The molecule has 0 aliphatic carbocycles. The van der Waals surface area contributed by atoms with Crippen LogP contribution in [0, 0.1) is 11.6 Å². The molecule has 5 heteroatoms. The molecule has 1 nitrogen and oxygen atoms in total. The fourth-order valence-corrected chi connectivity index (χ4v) is 2.24. The van der Waals surface area contributed by atoms with E-state index < -0.39 is 5.82 Å². The molecule has 1 N–H and O–H groups in total. The van der Waals surface area contributed by atoms with E-state index in [0.29, 0.717) is 22.3 Å². The lowest BCUT2D eigenvalue weighted by atomic mass is 10.2. The van der Waals surface area contributed by atoms with E-state index in [2.05, 4.69) is 21.2 Å². The summed E-state index contributed by atoms with van der Waals surface area (Å²) in [5.41, 5.74) is 1.00. The van der Waals surface area contributed by atoms with E-state index in [1.165, 1.54) is 18.2 Å². The largest absolute Gasteiger partial charge is 0.379 e. The highest BCUT2D eigenvalue weighted by Gasteiger charge is 2.06. The van der Waals surface area contributed by atoms with Crippen LogP contribution >= 0.6 is 27.5 Å². The van der Waals surface area contributed by atoms with Gasteiger partial charge in [-0.25, -0.2) is 8.78 Å². The van der Waals surface area contributed by atoms with Crippen LogP contribution in [0.5, 0.6) is 0 Å². The van der Waals surface area contributed by atoms with E-state index in [-0.39, 0.29) is 10.8 Å². The molecule has 0 radical (unpaired) electrons. The molecule has 0 aromatic heterocycles. The average molecular weight is 333 g/mol. The predicted molar refractivity (Wildman–Crippen MR) is 72.8 cm³/mol. The van der Waals surface area contributed by atoms with E-state index in [4.69, 9.17) is 11.6 Å². The number of nitrogens with one attached hydrogen (secondary N) is 1. The lowest BCUT2D eigenvalue weighted by Gasteiger charge is -2.09. The molecular formula is C13H9BrClF2N. The molecule has 0 fully saturated rings. The number of anilines is 1. The summed E-state index contributed by atoms with van der Waals surface area (Å²) in [5, 5.41) is 2.93. The van der Waals surface area contributed by atoms with Crippen molar-refractivity contribution in [2.24, 2.45) is 0 Å². The fraction of sp³-hybridized carbons (Fsp3) is 0.0769. The molecule has 0 heterocycles. The second-order valence-corrected chi connectivity index (χ2v) is 5.06. The molecule has 0 unspecified atom stereocenters. The molecule has 0 atom stereocenters. The smallest absolute Gasteiger partial charge is 0.164 e. The highest BCUT2D eigenvalue weighted by atomic mass is 79.9. The van der Waals surface area contributed by atoms with Gasteiger partial charge in [-0.1, -0.05) is 33.6 Å². The van der Waals surface area contributed by atoms with Crippen LogP contribution in [0.4, 0.5) is 14.5 Å². The first-order valence-corrected chi connectivity index (χ1v) is 6.36. The fourth-order valence-electron chi connectivity index (χ4n) is 1.55. The quantitative estimate of drug-likeness (QED) is 0.834. The Hall–Kier alpha value is -1.13. The molecule has 18 heavy (non-hydrogen) atoms. The summed E-state index contributed by atoms with van der Waals surface area (Å²) in [5.74, 6) is -0.845. The van der Waals surface area contributed by atoms with Crippen LogP contribution in [0.1, 0.15) is 5.56 Å². The molecule has 2 aromatic rings. The van der Waals surface area contributed by atoms with Gasteiger partial charge < -0.3 is 5.32 Å². The number of rotatable bonds is 3. The summed E-state index contributed by atoms with van der Waals surface area (Å²) < 4.78 is 27.4. The van der Waals surface area contributed by atoms with Gasteiger partial charge in [0.1, 0.15) is 5.82 Å². The highest BCUT2D eigenvalue weighted by molar-refractivity contribution is 9.10. The molecule has 94 valence electrons. The first-order valence-electron chi connectivity index (χ1n) is 5.19. The monoisotopic (exact) mass is 331 g/mol. The lowest BCUT2D eigenvalue weighted by Crippen LogP contribution is -2.02. The van der Waals surface area contributed by atoms with Gasteiger partial charge >= 0.3 is 0 Å². The zero-order chi connectivity index (χ0) is 13.1. The molecule has 0 aliphatic rings. The van der Waals surface area contributed by atoms with Gasteiger partial charge in [0.05, 0.1) is 10.7 Å². The summed E-state index contributed by atoms with van der Waals surface area (Å²) >= 11 is 8.87. The van der Waals surface area contributed by atoms with E-state index in [1.54, 1.807) is 18.2 Å². The summed E-state index contributed by atoms with van der Waals surface area (Å²) in [6, 6.07) is 9.22. The third-order valence-electron chi connectivity index (χ3n) is 2.36. The number of halogens is 4. The topological polar surface area (TPSA) is 12.0 Å². The van der Waals surface area contributed by atoms with E-state index >= 15 is 0 Å². The Morgan fingerprint density at radius 2 is 1.94 bits per heavy atom. The highest BCUT2D eigenvalue weighted by Crippen LogP contribution is 2.23. The maximum absolute atomic E-state index is 13.6. The molecule has 0 saturated heterocycles. The SMILES string of the molecule is Fc1cc(Br)cc(CNc2cccc(Cl)c2F)c1. The summed E-state index contributed by atoms with van der Waals surface area (Å²) in [4.78, 5) is 0. The van der Waals surface area contributed by atoms with Crippen molar-refractivity contribution in [3.05, 3.63) is 63.1 Å². The van der Waals surface area contributed by atoms with Crippen LogP contribution < -0.4 is 5.32 Å². The molecular weight excluding hydrogens is 324 g/mol. The predicted octanol–water partition coefficient (Wildman–Crippen LogP) is 4.99.